The van der Waals surface area contributed by atoms with Gasteiger partial charge in [-0.15, -0.1) is 0 Å². The molecule has 1 aromatic carbocycles. The lowest BCUT2D eigenvalue weighted by molar-refractivity contribution is -0.121. The van der Waals surface area contributed by atoms with E-state index in [0.717, 1.165) is 6.42 Å². The van der Waals surface area contributed by atoms with Crippen LogP contribution in [0, 0.1) is 5.92 Å². The predicted octanol–water partition coefficient (Wildman–Crippen LogP) is 3.13. The molecule has 4 heteroatoms. The SMILES string of the molecule is CC(C)C(Br)C(=O)NCCCOCc1ccccc1. The molecule has 1 amide bonds. The standard InChI is InChI=1S/C15H22BrNO2/c1-12(2)14(16)15(18)17-9-6-10-19-11-13-7-4-3-5-8-13/h3-5,7-8,12,14H,6,9-11H2,1-2H3,(H,17,18). The minimum absolute atomic E-state index is 0.0538. The summed E-state index contributed by atoms with van der Waals surface area (Å²) in [5.41, 5.74) is 1.17. The van der Waals surface area contributed by atoms with Crippen LogP contribution in [0.2, 0.25) is 0 Å². The first kappa shape index (κ1) is 16.2. The summed E-state index contributed by atoms with van der Waals surface area (Å²) in [6.07, 6.45) is 0.830. The van der Waals surface area contributed by atoms with Crippen molar-refractivity contribution in [2.24, 2.45) is 5.92 Å². The molecule has 1 aromatic rings. The van der Waals surface area contributed by atoms with Crippen LogP contribution >= 0.6 is 15.9 Å². The van der Waals surface area contributed by atoms with Gasteiger partial charge < -0.3 is 10.1 Å². The fourth-order valence-electron chi connectivity index (χ4n) is 1.55. The molecule has 0 saturated carbocycles. The van der Waals surface area contributed by atoms with E-state index in [2.05, 4.69) is 21.2 Å². The highest BCUT2D eigenvalue weighted by Gasteiger charge is 2.17. The molecule has 0 radical (unpaired) electrons. The molecule has 106 valence electrons. The van der Waals surface area contributed by atoms with Gasteiger partial charge in [-0.05, 0) is 17.9 Å². The van der Waals surface area contributed by atoms with Crippen LogP contribution in [0.4, 0.5) is 0 Å². The number of carbonyl (C=O) groups excluding carboxylic acids is 1. The van der Waals surface area contributed by atoms with Gasteiger partial charge >= 0.3 is 0 Å². The lowest BCUT2D eigenvalue weighted by Gasteiger charge is -2.13. The molecule has 0 aromatic heterocycles. The molecule has 0 aliphatic carbocycles. The van der Waals surface area contributed by atoms with Crippen LogP contribution in [-0.2, 0) is 16.1 Å². The molecule has 1 rings (SSSR count). The van der Waals surface area contributed by atoms with Gasteiger partial charge in [0.05, 0.1) is 11.4 Å². The van der Waals surface area contributed by atoms with Crippen LogP contribution < -0.4 is 5.32 Å². The molecular formula is C15H22BrNO2. The van der Waals surface area contributed by atoms with Crippen molar-refractivity contribution in [3.63, 3.8) is 0 Å². The lowest BCUT2D eigenvalue weighted by Crippen LogP contribution is -2.34. The third-order valence-electron chi connectivity index (χ3n) is 2.71. The van der Waals surface area contributed by atoms with Gasteiger partial charge in [0.2, 0.25) is 5.91 Å². The van der Waals surface area contributed by atoms with Crippen molar-refractivity contribution in [3.8, 4) is 0 Å². The summed E-state index contributed by atoms with van der Waals surface area (Å²) in [6, 6.07) is 10.1. The number of carbonyl (C=O) groups is 1. The second-order valence-electron chi connectivity index (χ2n) is 4.83. The third-order valence-corrected chi connectivity index (χ3v) is 4.19. The third kappa shape index (κ3) is 6.73. The molecule has 1 unspecified atom stereocenters. The first-order chi connectivity index (χ1) is 9.11. The van der Waals surface area contributed by atoms with E-state index in [1.807, 2.05) is 44.2 Å². The zero-order valence-electron chi connectivity index (χ0n) is 11.6. The van der Waals surface area contributed by atoms with E-state index in [1.54, 1.807) is 0 Å². The topological polar surface area (TPSA) is 38.3 Å². The van der Waals surface area contributed by atoms with Gasteiger partial charge in [0.15, 0.2) is 0 Å². The maximum atomic E-state index is 11.6. The summed E-state index contributed by atoms with van der Waals surface area (Å²) in [4.78, 5) is 11.5. The molecule has 1 atom stereocenters. The Balaban J connectivity index is 2.04. The van der Waals surface area contributed by atoms with E-state index in [9.17, 15) is 4.79 Å². The molecule has 0 aliphatic heterocycles. The monoisotopic (exact) mass is 327 g/mol. The number of benzene rings is 1. The van der Waals surface area contributed by atoms with Crippen molar-refractivity contribution in [3.05, 3.63) is 35.9 Å². The fourth-order valence-corrected chi connectivity index (χ4v) is 1.71. The lowest BCUT2D eigenvalue weighted by atomic mass is 10.1. The molecule has 19 heavy (non-hydrogen) atoms. The van der Waals surface area contributed by atoms with E-state index in [0.29, 0.717) is 25.7 Å². The Morgan fingerprint density at radius 2 is 2.00 bits per heavy atom. The Morgan fingerprint density at radius 3 is 2.63 bits per heavy atom. The summed E-state index contributed by atoms with van der Waals surface area (Å²) in [7, 11) is 0. The zero-order chi connectivity index (χ0) is 14.1. The largest absolute Gasteiger partial charge is 0.377 e. The second-order valence-corrected chi connectivity index (χ2v) is 5.82. The number of alkyl halides is 1. The van der Waals surface area contributed by atoms with Crippen LogP contribution in [-0.4, -0.2) is 23.9 Å². The molecule has 1 N–H and O–H groups in total. The highest BCUT2D eigenvalue weighted by Crippen LogP contribution is 2.11. The second kappa shape index (κ2) is 9.10. The summed E-state index contributed by atoms with van der Waals surface area (Å²) in [6.45, 7) is 5.97. The van der Waals surface area contributed by atoms with E-state index >= 15 is 0 Å². The summed E-state index contributed by atoms with van der Waals surface area (Å²) in [5.74, 6) is 0.354. The average Bonchev–Trinajstić information content (AvgIpc) is 2.42. The van der Waals surface area contributed by atoms with Crippen LogP contribution in [0.15, 0.2) is 30.3 Å². The molecule has 0 aliphatic rings. The van der Waals surface area contributed by atoms with Crippen molar-refractivity contribution in [1.82, 2.24) is 5.32 Å². The Labute approximate surface area is 123 Å². The maximum Gasteiger partial charge on any atom is 0.234 e. The van der Waals surface area contributed by atoms with Crippen LogP contribution in [0.5, 0.6) is 0 Å². The minimum atomic E-state index is -0.113. The Bertz CT molecular complexity index is 368. The van der Waals surface area contributed by atoms with Crippen molar-refractivity contribution >= 4 is 21.8 Å². The summed E-state index contributed by atoms with van der Waals surface area (Å²) < 4.78 is 5.55. The van der Waals surface area contributed by atoms with E-state index < -0.39 is 0 Å². The minimum Gasteiger partial charge on any atom is -0.377 e. The molecule has 0 bridgehead atoms. The van der Waals surface area contributed by atoms with E-state index in [1.165, 1.54) is 5.56 Å². The van der Waals surface area contributed by atoms with Gasteiger partial charge in [-0.2, -0.15) is 0 Å². The number of ether oxygens (including phenoxy) is 1. The van der Waals surface area contributed by atoms with Crippen molar-refractivity contribution in [2.75, 3.05) is 13.2 Å². The first-order valence-electron chi connectivity index (χ1n) is 6.64. The predicted molar refractivity (Wildman–Crippen MR) is 81.3 cm³/mol. The van der Waals surface area contributed by atoms with E-state index in [-0.39, 0.29) is 10.7 Å². The zero-order valence-corrected chi connectivity index (χ0v) is 13.2. The maximum absolute atomic E-state index is 11.6. The molecule has 3 nitrogen and oxygen atoms in total. The van der Waals surface area contributed by atoms with Crippen molar-refractivity contribution in [2.45, 2.75) is 31.7 Å². The normalized spacial score (nSPS) is 12.4. The molecule has 0 fully saturated rings. The number of rotatable bonds is 8. The average molecular weight is 328 g/mol. The van der Waals surface area contributed by atoms with Crippen molar-refractivity contribution < 1.29 is 9.53 Å². The van der Waals surface area contributed by atoms with Crippen LogP contribution in [0.25, 0.3) is 0 Å². The smallest absolute Gasteiger partial charge is 0.234 e. The Hall–Kier alpha value is -0.870. The van der Waals surface area contributed by atoms with Gasteiger partial charge in [-0.3, -0.25) is 4.79 Å². The molecule has 0 heterocycles. The van der Waals surface area contributed by atoms with Gasteiger partial charge in [0.25, 0.3) is 0 Å². The number of amides is 1. The highest BCUT2D eigenvalue weighted by molar-refractivity contribution is 9.10. The number of hydrogen-bond acceptors (Lipinski definition) is 2. The number of halogens is 1. The van der Waals surface area contributed by atoms with Gasteiger partial charge in [-0.1, -0.05) is 60.1 Å². The van der Waals surface area contributed by atoms with Crippen LogP contribution in [0.3, 0.4) is 0 Å². The van der Waals surface area contributed by atoms with Gasteiger partial charge in [0.1, 0.15) is 0 Å². The number of hydrogen-bond donors (Lipinski definition) is 1. The fraction of sp³-hybridized carbons (Fsp3) is 0.533. The molecular weight excluding hydrogens is 306 g/mol. The van der Waals surface area contributed by atoms with Gasteiger partial charge in [0, 0.05) is 13.2 Å². The highest BCUT2D eigenvalue weighted by atomic mass is 79.9. The van der Waals surface area contributed by atoms with Crippen molar-refractivity contribution in [1.29, 1.82) is 0 Å². The Morgan fingerprint density at radius 1 is 1.32 bits per heavy atom. The quantitative estimate of drug-likeness (QED) is 0.588. The van der Waals surface area contributed by atoms with Gasteiger partial charge in [-0.25, -0.2) is 0 Å². The Kier molecular flexibility index (Phi) is 7.75. The molecule has 0 spiro atoms. The first-order valence-corrected chi connectivity index (χ1v) is 7.56. The molecule has 0 saturated heterocycles. The summed E-state index contributed by atoms with van der Waals surface area (Å²) >= 11 is 3.38. The van der Waals surface area contributed by atoms with Crippen LogP contribution in [0.1, 0.15) is 25.8 Å². The van der Waals surface area contributed by atoms with E-state index in [4.69, 9.17) is 4.74 Å². The summed E-state index contributed by atoms with van der Waals surface area (Å²) in [5, 5.41) is 2.90. The number of nitrogens with one attached hydrogen (secondary N) is 1.